The molecule has 0 amide bonds. The van der Waals surface area contributed by atoms with Crippen LogP contribution in [-0.2, 0) is 16.6 Å². The first kappa shape index (κ1) is 12.6. The van der Waals surface area contributed by atoms with Gasteiger partial charge in [-0.3, -0.25) is 4.68 Å². The van der Waals surface area contributed by atoms with Crippen molar-refractivity contribution >= 4 is 10.0 Å². The van der Waals surface area contributed by atoms with Crippen LogP contribution in [0.5, 0.6) is 5.75 Å². The Bertz CT molecular complexity index is 591. The number of nitrogens with one attached hydrogen (secondary N) is 1. The topological polar surface area (TPSA) is 84.2 Å². The molecule has 2 N–H and O–H groups in total. The Morgan fingerprint density at radius 1 is 1.28 bits per heavy atom. The van der Waals surface area contributed by atoms with E-state index in [0.717, 1.165) is 0 Å². The van der Waals surface area contributed by atoms with Crippen molar-refractivity contribution in [3.05, 3.63) is 42.7 Å². The van der Waals surface area contributed by atoms with Crippen molar-refractivity contribution in [2.45, 2.75) is 11.4 Å². The lowest BCUT2D eigenvalue weighted by atomic mass is 10.3. The molecule has 2 aromatic rings. The lowest BCUT2D eigenvalue weighted by molar-refractivity contribution is 0.474. The largest absolute Gasteiger partial charge is 0.508 e. The lowest BCUT2D eigenvalue weighted by Gasteiger charge is -2.06. The summed E-state index contributed by atoms with van der Waals surface area (Å²) in [5.41, 5.74) is 0. The summed E-state index contributed by atoms with van der Waals surface area (Å²) in [4.78, 5) is 0.126. The Kier molecular flexibility index (Phi) is 3.63. The van der Waals surface area contributed by atoms with E-state index >= 15 is 0 Å². The Labute approximate surface area is 105 Å². The molecule has 6 nitrogen and oxygen atoms in total. The van der Waals surface area contributed by atoms with Crippen LogP contribution in [0.2, 0.25) is 0 Å². The summed E-state index contributed by atoms with van der Waals surface area (Å²) >= 11 is 0. The van der Waals surface area contributed by atoms with Crippen LogP contribution in [0.25, 0.3) is 0 Å². The smallest absolute Gasteiger partial charge is 0.240 e. The van der Waals surface area contributed by atoms with Crippen molar-refractivity contribution in [3.8, 4) is 5.75 Å². The average Bonchev–Trinajstić information content (AvgIpc) is 2.82. The number of aromatic hydroxyl groups is 1. The number of rotatable bonds is 5. The standard InChI is InChI=1S/C11H13N3O3S/c15-10-2-4-11(5-3-10)18(16,17)13-7-9-14-8-1-6-12-14/h1-6,8,13,15H,7,9H2. The lowest BCUT2D eigenvalue weighted by Crippen LogP contribution is -2.27. The van der Waals surface area contributed by atoms with Gasteiger partial charge in [-0.05, 0) is 30.3 Å². The fourth-order valence-corrected chi connectivity index (χ4v) is 2.46. The summed E-state index contributed by atoms with van der Waals surface area (Å²) in [6, 6.07) is 7.15. The van der Waals surface area contributed by atoms with E-state index in [-0.39, 0.29) is 17.2 Å². The van der Waals surface area contributed by atoms with Crippen molar-refractivity contribution in [3.63, 3.8) is 0 Å². The van der Waals surface area contributed by atoms with E-state index in [1.807, 2.05) is 0 Å². The van der Waals surface area contributed by atoms with Gasteiger partial charge in [0.2, 0.25) is 10.0 Å². The van der Waals surface area contributed by atoms with E-state index in [2.05, 4.69) is 9.82 Å². The van der Waals surface area contributed by atoms with E-state index in [1.54, 1.807) is 23.1 Å². The molecule has 0 saturated carbocycles. The molecule has 0 fully saturated rings. The zero-order valence-electron chi connectivity index (χ0n) is 9.52. The molecule has 1 aromatic heterocycles. The number of sulfonamides is 1. The molecule has 0 spiro atoms. The van der Waals surface area contributed by atoms with Gasteiger partial charge in [0, 0.05) is 18.9 Å². The van der Waals surface area contributed by atoms with Gasteiger partial charge in [0.15, 0.2) is 0 Å². The molecule has 0 radical (unpaired) electrons. The molecule has 0 unspecified atom stereocenters. The van der Waals surface area contributed by atoms with Gasteiger partial charge < -0.3 is 5.11 Å². The molecular formula is C11H13N3O3S. The zero-order chi connectivity index (χ0) is 13.0. The first-order valence-corrected chi connectivity index (χ1v) is 6.82. The molecule has 1 heterocycles. The second-order valence-corrected chi connectivity index (χ2v) is 5.43. The molecule has 2 rings (SSSR count). The average molecular weight is 267 g/mol. The Hall–Kier alpha value is -1.86. The van der Waals surface area contributed by atoms with Gasteiger partial charge in [0.05, 0.1) is 11.4 Å². The SMILES string of the molecule is O=S(=O)(NCCn1cccn1)c1ccc(O)cc1. The van der Waals surface area contributed by atoms with Gasteiger partial charge in [-0.1, -0.05) is 0 Å². The van der Waals surface area contributed by atoms with Crippen LogP contribution >= 0.6 is 0 Å². The number of phenolic OH excluding ortho intramolecular Hbond substituents is 1. The van der Waals surface area contributed by atoms with Crippen LogP contribution in [0.15, 0.2) is 47.6 Å². The number of benzene rings is 1. The van der Waals surface area contributed by atoms with Crippen molar-refractivity contribution in [1.29, 1.82) is 0 Å². The normalized spacial score (nSPS) is 11.6. The molecule has 18 heavy (non-hydrogen) atoms. The first-order valence-electron chi connectivity index (χ1n) is 5.34. The van der Waals surface area contributed by atoms with Gasteiger partial charge in [-0.2, -0.15) is 5.10 Å². The van der Waals surface area contributed by atoms with Crippen LogP contribution < -0.4 is 4.72 Å². The minimum absolute atomic E-state index is 0.0329. The summed E-state index contributed by atoms with van der Waals surface area (Å²) in [5, 5.41) is 13.1. The predicted molar refractivity (Wildman–Crippen MR) is 65.5 cm³/mol. The van der Waals surface area contributed by atoms with E-state index < -0.39 is 10.0 Å². The zero-order valence-corrected chi connectivity index (χ0v) is 10.3. The number of nitrogens with zero attached hydrogens (tertiary/aromatic N) is 2. The van der Waals surface area contributed by atoms with Crippen molar-refractivity contribution in [1.82, 2.24) is 14.5 Å². The first-order chi connectivity index (χ1) is 8.58. The second kappa shape index (κ2) is 5.19. The highest BCUT2D eigenvalue weighted by molar-refractivity contribution is 7.89. The van der Waals surface area contributed by atoms with Crippen LogP contribution in [-0.4, -0.2) is 29.8 Å². The van der Waals surface area contributed by atoms with Crippen LogP contribution in [0.1, 0.15) is 0 Å². The molecule has 7 heteroatoms. The number of hydrogen-bond donors (Lipinski definition) is 2. The van der Waals surface area contributed by atoms with E-state index in [0.29, 0.717) is 6.54 Å². The molecule has 1 aromatic carbocycles. The number of aromatic nitrogens is 2. The summed E-state index contributed by atoms with van der Waals surface area (Å²) in [7, 11) is -3.53. The minimum Gasteiger partial charge on any atom is -0.508 e. The van der Waals surface area contributed by atoms with Crippen LogP contribution in [0.3, 0.4) is 0 Å². The Morgan fingerprint density at radius 3 is 2.61 bits per heavy atom. The third-order valence-corrected chi connectivity index (χ3v) is 3.82. The molecule has 0 bridgehead atoms. The van der Waals surface area contributed by atoms with Crippen molar-refractivity contribution in [2.24, 2.45) is 0 Å². The maximum atomic E-state index is 11.8. The summed E-state index contributed by atoms with van der Waals surface area (Å²) < 4.78 is 27.8. The predicted octanol–water partition coefficient (Wildman–Crippen LogP) is 0.567. The summed E-state index contributed by atoms with van der Waals surface area (Å²) in [6.07, 6.45) is 3.39. The van der Waals surface area contributed by atoms with Gasteiger partial charge in [-0.15, -0.1) is 0 Å². The van der Waals surface area contributed by atoms with Crippen molar-refractivity contribution in [2.75, 3.05) is 6.54 Å². The molecule has 0 atom stereocenters. The van der Waals surface area contributed by atoms with Crippen LogP contribution in [0.4, 0.5) is 0 Å². The van der Waals surface area contributed by atoms with Gasteiger partial charge in [0.1, 0.15) is 5.75 Å². The highest BCUT2D eigenvalue weighted by Crippen LogP contribution is 2.13. The maximum Gasteiger partial charge on any atom is 0.240 e. The molecule has 0 aliphatic carbocycles. The molecule has 0 aliphatic heterocycles. The Balaban J connectivity index is 1.97. The number of phenols is 1. The molecule has 96 valence electrons. The summed E-state index contributed by atoms with van der Waals surface area (Å²) in [5.74, 6) is 0.0329. The molecule has 0 saturated heterocycles. The minimum atomic E-state index is -3.53. The van der Waals surface area contributed by atoms with Gasteiger partial charge >= 0.3 is 0 Å². The van der Waals surface area contributed by atoms with E-state index in [4.69, 9.17) is 5.11 Å². The third kappa shape index (κ3) is 3.08. The van der Waals surface area contributed by atoms with Gasteiger partial charge in [0.25, 0.3) is 0 Å². The summed E-state index contributed by atoms with van der Waals surface area (Å²) in [6.45, 7) is 0.717. The Morgan fingerprint density at radius 2 is 2.00 bits per heavy atom. The third-order valence-electron chi connectivity index (χ3n) is 2.34. The van der Waals surface area contributed by atoms with Crippen LogP contribution in [0, 0.1) is 0 Å². The number of hydrogen-bond acceptors (Lipinski definition) is 4. The maximum absolute atomic E-state index is 11.8. The fraction of sp³-hybridized carbons (Fsp3) is 0.182. The van der Waals surface area contributed by atoms with Crippen molar-refractivity contribution < 1.29 is 13.5 Å². The fourth-order valence-electron chi connectivity index (χ4n) is 1.44. The highest BCUT2D eigenvalue weighted by atomic mass is 32.2. The quantitative estimate of drug-likeness (QED) is 0.829. The molecule has 0 aliphatic rings. The van der Waals surface area contributed by atoms with E-state index in [1.165, 1.54) is 24.3 Å². The monoisotopic (exact) mass is 267 g/mol. The second-order valence-electron chi connectivity index (χ2n) is 3.66. The van der Waals surface area contributed by atoms with Gasteiger partial charge in [-0.25, -0.2) is 13.1 Å². The highest BCUT2D eigenvalue weighted by Gasteiger charge is 2.12. The molecular weight excluding hydrogens is 254 g/mol. The van der Waals surface area contributed by atoms with E-state index in [9.17, 15) is 8.42 Å².